The number of aryl methyl sites for hydroxylation is 2. The summed E-state index contributed by atoms with van der Waals surface area (Å²) in [5.41, 5.74) is 3.32. The highest BCUT2D eigenvalue weighted by Crippen LogP contribution is 2.24. The topological polar surface area (TPSA) is 60.4 Å². The fourth-order valence-corrected chi connectivity index (χ4v) is 3.07. The third-order valence-electron chi connectivity index (χ3n) is 4.46. The molecule has 25 heavy (non-hydrogen) atoms. The van der Waals surface area contributed by atoms with Gasteiger partial charge < -0.3 is 8.83 Å². The molecule has 0 radical (unpaired) electrons. The molecule has 124 valence electrons. The maximum absolute atomic E-state index is 12.5. The van der Waals surface area contributed by atoms with E-state index in [-0.39, 0.29) is 5.58 Å². The second kappa shape index (κ2) is 5.74. The summed E-state index contributed by atoms with van der Waals surface area (Å²) in [6.45, 7) is 3.92. The summed E-state index contributed by atoms with van der Waals surface area (Å²) in [6.07, 6.45) is 0.413. The van der Waals surface area contributed by atoms with Crippen LogP contribution in [0.15, 0.2) is 67.0 Å². The monoisotopic (exact) mass is 332 g/mol. The first-order valence-corrected chi connectivity index (χ1v) is 8.07. The molecule has 4 heteroatoms. The summed E-state index contributed by atoms with van der Waals surface area (Å²) in [5, 5.41) is 0.926. The summed E-state index contributed by atoms with van der Waals surface area (Å²) in [4.78, 5) is 24.8. The first-order valence-electron chi connectivity index (χ1n) is 8.07. The van der Waals surface area contributed by atoms with Gasteiger partial charge in [0.05, 0.1) is 5.39 Å². The van der Waals surface area contributed by atoms with Crippen molar-refractivity contribution in [1.29, 1.82) is 0 Å². The lowest BCUT2D eigenvalue weighted by Crippen LogP contribution is -2.11. The van der Waals surface area contributed by atoms with Crippen molar-refractivity contribution in [3.8, 4) is 0 Å². The molecule has 2 aromatic heterocycles. The van der Waals surface area contributed by atoms with Gasteiger partial charge in [-0.3, -0.25) is 0 Å². The van der Waals surface area contributed by atoms with Crippen molar-refractivity contribution in [3.05, 3.63) is 91.6 Å². The van der Waals surface area contributed by atoms with Gasteiger partial charge in [0.15, 0.2) is 5.58 Å². The Balaban J connectivity index is 1.97. The predicted octanol–water partition coefficient (Wildman–Crippen LogP) is 4.11. The summed E-state index contributed by atoms with van der Waals surface area (Å²) in [7, 11) is 0. The maximum Gasteiger partial charge on any atom is 0.347 e. The van der Waals surface area contributed by atoms with E-state index < -0.39 is 11.3 Å². The lowest BCUT2D eigenvalue weighted by atomic mass is 10.0. The Morgan fingerprint density at radius 1 is 0.800 bits per heavy atom. The number of hydrogen-bond donors (Lipinski definition) is 0. The van der Waals surface area contributed by atoms with Crippen molar-refractivity contribution >= 4 is 21.9 Å². The SMILES string of the molecule is Cc1ccc2oc(=O)c3cc(Cc4ccccc4C)c(=O)oc3c2c1. The Labute approximate surface area is 143 Å². The molecule has 2 aromatic carbocycles. The van der Waals surface area contributed by atoms with E-state index in [9.17, 15) is 9.59 Å². The third kappa shape index (κ3) is 2.66. The van der Waals surface area contributed by atoms with E-state index in [1.165, 1.54) is 0 Å². The van der Waals surface area contributed by atoms with E-state index in [2.05, 4.69) is 0 Å². The largest absolute Gasteiger partial charge is 0.422 e. The Bertz CT molecular complexity index is 1230. The van der Waals surface area contributed by atoms with Crippen LogP contribution >= 0.6 is 0 Å². The molecule has 0 aliphatic rings. The second-order valence-corrected chi connectivity index (χ2v) is 6.29. The summed E-state index contributed by atoms with van der Waals surface area (Å²) < 4.78 is 10.9. The highest BCUT2D eigenvalue weighted by atomic mass is 16.4. The lowest BCUT2D eigenvalue weighted by molar-refractivity contribution is 0.537. The van der Waals surface area contributed by atoms with Gasteiger partial charge in [-0.15, -0.1) is 0 Å². The summed E-state index contributed by atoms with van der Waals surface area (Å²) >= 11 is 0. The minimum Gasteiger partial charge on any atom is -0.422 e. The molecule has 0 saturated carbocycles. The molecule has 0 aliphatic carbocycles. The minimum atomic E-state index is -0.499. The van der Waals surface area contributed by atoms with Crippen LogP contribution in [0.5, 0.6) is 0 Å². The van der Waals surface area contributed by atoms with E-state index >= 15 is 0 Å². The molecule has 4 nitrogen and oxygen atoms in total. The van der Waals surface area contributed by atoms with Gasteiger partial charge in [0, 0.05) is 12.0 Å². The van der Waals surface area contributed by atoms with Crippen LogP contribution in [-0.4, -0.2) is 0 Å². The molecular weight excluding hydrogens is 316 g/mol. The predicted molar refractivity (Wildman–Crippen MR) is 97.2 cm³/mol. The van der Waals surface area contributed by atoms with Gasteiger partial charge >= 0.3 is 11.3 Å². The average Bonchev–Trinajstić information content (AvgIpc) is 2.59. The van der Waals surface area contributed by atoms with Gasteiger partial charge in [-0.25, -0.2) is 9.59 Å². The number of fused-ring (bicyclic) bond motifs is 3. The zero-order chi connectivity index (χ0) is 17.6. The van der Waals surface area contributed by atoms with Crippen LogP contribution in [0.1, 0.15) is 22.3 Å². The molecule has 0 saturated heterocycles. The van der Waals surface area contributed by atoms with E-state index in [4.69, 9.17) is 8.83 Å². The normalized spacial score (nSPS) is 11.3. The van der Waals surface area contributed by atoms with E-state index in [0.717, 1.165) is 16.7 Å². The van der Waals surface area contributed by atoms with Crippen molar-refractivity contribution in [2.75, 3.05) is 0 Å². The Kier molecular flexibility index (Phi) is 3.53. The molecule has 0 atom stereocenters. The van der Waals surface area contributed by atoms with Crippen molar-refractivity contribution in [3.63, 3.8) is 0 Å². The zero-order valence-electron chi connectivity index (χ0n) is 14.0. The van der Waals surface area contributed by atoms with Crippen molar-refractivity contribution in [1.82, 2.24) is 0 Å². The zero-order valence-corrected chi connectivity index (χ0v) is 14.0. The number of rotatable bonds is 2. The van der Waals surface area contributed by atoms with Crippen LogP contribution in [-0.2, 0) is 6.42 Å². The van der Waals surface area contributed by atoms with Crippen molar-refractivity contribution < 1.29 is 8.83 Å². The van der Waals surface area contributed by atoms with Gasteiger partial charge in [0.2, 0.25) is 0 Å². The Morgan fingerprint density at radius 3 is 2.40 bits per heavy atom. The van der Waals surface area contributed by atoms with E-state index in [0.29, 0.717) is 28.3 Å². The number of hydrogen-bond acceptors (Lipinski definition) is 4. The van der Waals surface area contributed by atoms with Crippen LogP contribution in [0, 0.1) is 13.8 Å². The molecule has 0 spiro atoms. The van der Waals surface area contributed by atoms with Gasteiger partial charge in [-0.1, -0.05) is 35.9 Å². The fraction of sp³-hybridized carbons (Fsp3) is 0.143. The molecule has 0 unspecified atom stereocenters. The van der Waals surface area contributed by atoms with Crippen LogP contribution in [0.2, 0.25) is 0 Å². The molecule has 0 fully saturated rings. The van der Waals surface area contributed by atoms with Gasteiger partial charge in [0.25, 0.3) is 0 Å². The summed E-state index contributed by atoms with van der Waals surface area (Å²) in [5.74, 6) is 0. The smallest absolute Gasteiger partial charge is 0.347 e. The molecule has 2 heterocycles. The minimum absolute atomic E-state index is 0.286. The Hall–Kier alpha value is -3.14. The third-order valence-corrected chi connectivity index (χ3v) is 4.46. The fourth-order valence-electron chi connectivity index (χ4n) is 3.07. The molecule has 0 aliphatic heterocycles. The van der Waals surface area contributed by atoms with Crippen molar-refractivity contribution in [2.45, 2.75) is 20.3 Å². The lowest BCUT2D eigenvalue weighted by Gasteiger charge is -2.07. The van der Waals surface area contributed by atoms with E-state index in [1.807, 2.05) is 50.2 Å². The second-order valence-electron chi connectivity index (χ2n) is 6.29. The summed E-state index contributed by atoms with van der Waals surface area (Å²) in [6, 6.07) is 14.8. The molecule has 0 amide bonds. The maximum atomic E-state index is 12.5. The van der Waals surface area contributed by atoms with E-state index in [1.54, 1.807) is 12.1 Å². The van der Waals surface area contributed by atoms with Crippen LogP contribution < -0.4 is 11.3 Å². The number of benzene rings is 2. The first-order chi connectivity index (χ1) is 12.0. The van der Waals surface area contributed by atoms with Gasteiger partial charge in [-0.2, -0.15) is 0 Å². The highest BCUT2D eigenvalue weighted by Gasteiger charge is 2.14. The molecule has 4 rings (SSSR count). The van der Waals surface area contributed by atoms with Gasteiger partial charge in [-0.05, 0) is 43.2 Å². The van der Waals surface area contributed by atoms with Crippen LogP contribution in [0.25, 0.3) is 21.9 Å². The van der Waals surface area contributed by atoms with Crippen LogP contribution in [0.3, 0.4) is 0 Å². The van der Waals surface area contributed by atoms with Crippen LogP contribution in [0.4, 0.5) is 0 Å². The standard InChI is InChI=1S/C21H16O4/c1-12-7-8-18-16(9-12)19-17(21(23)24-18)11-15(20(22)25-19)10-14-6-4-3-5-13(14)2/h3-9,11H,10H2,1-2H3. The Morgan fingerprint density at radius 2 is 1.60 bits per heavy atom. The average molecular weight is 332 g/mol. The molecule has 0 bridgehead atoms. The highest BCUT2D eigenvalue weighted by molar-refractivity contribution is 6.00. The molecule has 4 aromatic rings. The molecular formula is C21H16O4. The van der Waals surface area contributed by atoms with Crippen molar-refractivity contribution in [2.24, 2.45) is 0 Å². The molecule has 0 N–H and O–H groups in total. The first kappa shape index (κ1) is 15.4. The quantitative estimate of drug-likeness (QED) is 0.409. The van der Waals surface area contributed by atoms with Gasteiger partial charge in [0.1, 0.15) is 11.0 Å².